The lowest BCUT2D eigenvalue weighted by Crippen LogP contribution is -2.33. The summed E-state index contributed by atoms with van der Waals surface area (Å²) in [6, 6.07) is 9.73. The van der Waals surface area contributed by atoms with Crippen LogP contribution in [0.5, 0.6) is 0 Å². The predicted molar refractivity (Wildman–Crippen MR) is 116 cm³/mol. The van der Waals surface area contributed by atoms with Gasteiger partial charge in [-0.2, -0.15) is 0 Å². The molecule has 0 aliphatic heterocycles. The summed E-state index contributed by atoms with van der Waals surface area (Å²) in [5.74, 6) is -0.346. The van der Waals surface area contributed by atoms with Crippen LogP contribution in [0.1, 0.15) is 44.6 Å². The predicted octanol–water partition coefficient (Wildman–Crippen LogP) is 1.96. The summed E-state index contributed by atoms with van der Waals surface area (Å²) >= 11 is 0. The highest BCUT2D eigenvalue weighted by Crippen LogP contribution is 2.54. The van der Waals surface area contributed by atoms with E-state index in [1.807, 2.05) is 44.2 Å². The number of rotatable bonds is 15. The minimum absolute atomic E-state index is 0.0106. The molecule has 1 unspecified atom stereocenters. The number of nitrogens with one attached hydrogen (secondary N) is 1. The van der Waals surface area contributed by atoms with Crippen molar-refractivity contribution in [1.82, 2.24) is 10.2 Å². The number of carbonyl (C=O) groups excluding carboxylic acids is 2. The molecule has 1 aromatic carbocycles. The highest BCUT2D eigenvalue weighted by Gasteiger charge is 2.55. The maximum absolute atomic E-state index is 12.9. The Morgan fingerprint density at radius 2 is 1.79 bits per heavy atom. The summed E-state index contributed by atoms with van der Waals surface area (Å²) in [6.45, 7) is 4.87. The van der Waals surface area contributed by atoms with Gasteiger partial charge >= 0.3 is 0 Å². The van der Waals surface area contributed by atoms with Gasteiger partial charge in [0.05, 0.1) is 5.92 Å². The van der Waals surface area contributed by atoms with Crippen molar-refractivity contribution in [2.45, 2.75) is 45.1 Å². The number of hydrogen-bond donors (Lipinski definition) is 1. The molecule has 1 saturated carbocycles. The van der Waals surface area contributed by atoms with Crippen LogP contribution in [0.25, 0.3) is 0 Å². The van der Waals surface area contributed by atoms with E-state index in [1.54, 1.807) is 4.90 Å². The van der Waals surface area contributed by atoms with E-state index < -0.39 is 22.9 Å². The molecule has 1 aliphatic carbocycles. The molecular weight excluding hydrogens is 436 g/mol. The Balaban J connectivity index is 1.86. The van der Waals surface area contributed by atoms with Crippen LogP contribution >= 0.6 is 0 Å². The second-order valence-corrected chi connectivity index (χ2v) is 7.80. The standard InChI is InChI=1S/C21H30N4O8/c1-3-23(4-2)21(27)20-17(19(20)15-9-6-5-7-10-15)13-22-18(26)12-8-11-16(33-25(30)31)14-32-24(28)29/h5-7,9-10,16-17,19-20H,3-4,8,11-14H2,1-2H3,(H,22,26)/t16-,17-,19?,20-/m0/s1. The summed E-state index contributed by atoms with van der Waals surface area (Å²) in [6.07, 6.45) is -0.811. The lowest BCUT2D eigenvalue weighted by atomic mass is 10.1. The summed E-state index contributed by atoms with van der Waals surface area (Å²) in [4.78, 5) is 56.3. The Morgan fingerprint density at radius 3 is 2.36 bits per heavy atom. The summed E-state index contributed by atoms with van der Waals surface area (Å²) < 4.78 is 0. The van der Waals surface area contributed by atoms with Gasteiger partial charge in [0.2, 0.25) is 11.8 Å². The molecule has 1 aromatic rings. The van der Waals surface area contributed by atoms with Crippen molar-refractivity contribution in [3.8, 4) is 0 Å². The van der Waals surface area contributed by atoms with Gasteiger partial charge in [0.15, 0.2) is 0 Å². The Bertz CT molecular complexity index is 818. The molecule has 12 heteroatoms. The normalized spacial score (nSPS) is 19.8. The van der Waals surface area contributed by atoms with Crippen molar-refractivity contribution < 1.29 is 29.4 Å². The number of benzene rings is 1. The van der Waals surface area contributed by atoms with Gasteiger partial charge in [-0.25, -0.2) is 0 Å². The number of nitrogens with zero attached hydrogens (tertiary/aromatic N) is 3. The average molecular weight is 466 g/mol. The Labute approximate surface area is 191 Å². The number of amides is 2. The highest BCUT2D eigenvalue weighted by atomic mass is 17.0. The maximum Gasteiger partial charge on any atom is 0.294 e. The topological polar surface area (TPSA) is 154 Å². The first-order valence-corrected chi connectivity index (χ1v) is 11.0. The van der Waals surface area contributed by atoms with Crippen molar-refractivity contribution in [3.63, 3.8) is 0 Å². The molecule has 4 atom stereocenters. The summed E-state index contributed by atoms with van der Waals surface area (Å²) in [7, 11) is 0. The molecule has 1 aliphatic rings. The molecule has 1 fully saturated rings. The Hall–Kier alpha value is -3.44. The van der Waals surface area contributed by atoms with Crippen LogP contribution in [-0.4, -0.2) is 59.2 Å². The van der Waals surface area contributed by atoms with E-state index in [-0.39, 0.29) is 48.8 Å². The molecule has 0 heterocycles. The molecule has 0 spiro atoms. The van der Waals surface area contributed by atoms with Gasteiger partial charge in [0.25, 0.3) is 10.2 Å². The van der Waals surface area contributed by atoms with Crippen LogP contribution in [0.3, 0.4) is 0 Å². The van der Waals surface area contributed by atoms with E-state index in [1.165, 1.54) is 0 Å². The van der Waals surface area contributed by atoms with E-state index in [4.69, 9.17) is 0 Å². The largest absolute Gasteiger partial charge is 0.356 e. The van der Waals surface area contributed by atoms with Crippen molar-refractivity contribution in [2.24, 2.45) is 11.8 Å². The van der Waals surface area contributed by atoms with Crippen LogP contribution < -0.4 is 5.32 Å². The zero-order valence-corrected chi connectivity index (χ0v) is 18.8. The molecule has 1 N–H and O–H groups in total. The van der Waals surface area contributed by atoms with Crippen molar-refractivity contribution >= 4 is 11.8 Å². The van der Waals surface area contributed by atoms with Gasteiger partial charge in [-0.15, -0.1) is 20.2 Å². The smallest absolute Gasteiger partial charge is 0.294 e. The minimum atomic E-state index is -1.14. The fourth-order valence-electron chi connectivity index (χ4n) is 4.08. The first kappa shape index (κ1) is 25.8. The van der Waals surface area contributed by atoms with Crippen LogP contribution in [0.15, 0.2) is 30.3 Å². The Morgan fingerprint density at radius 1 is 1.12 bits per heavy atom. The third-order valence-electron chi connectivity index (χ3n) is 5.78. The zero-order valence-electron chi connectivity index (χ0n) is 18.8. The van der Waals surface area contributed by atoms with Gasteiger partial charge in [0.1, 0.15) is 12.7 Å². The second kappa shape index (κ2) is 12.6. The molecule has 12 nitrogen and oxygen atoms in total. The summed E-state index contributed by atoms with van der Waals surface area (Å²) in [5, 5.41) is 21.5. The maximum atomic E-state index is 12.9. The number of carbonyl (C=O) groups is 2. The first-order valence-electron chi connectivity index (χ1n) is 11.0. The van der Waals surface area contributed by atoms with Gasteiger partial charge in [-0.3, -0.25) is 9.59 Å². The highest BCUT2D eigenvalue weighted by molar-refractivity contribution is 5.84. The van der Waals surface area contributed by atoms with Crippen molar-refractivity contribution in [2.75, 3.05) is 26.2 Å². The van der Waals surface area contributed by atoms with Crippen LogP contribution in [0.2, 0.25) is 0 Å². The Kier molecular flexibility index (Phi) is 9.83. The van der Waals surface area contributed by atoms with Crippen LogP contribution in [0, 0.1) is 32.1 Å². The van der Waals surface area contributed by atoms with Gasteiger partial charge < -0.3 is 19.9 Å². The second-order valence-electron chi connectivity index (χ2n) is 7.80. The zero-order chi connectivity index (χ0) is 24.4. The van der Waals surface area contributed by atoms with Gasteiger partial charge in [-0.05, 0) is 38.2 Å². The van der Waals surface area contributed by atoms with Crippen molar-refractivity contribution in [3.05, 3.63) is 56.1 Å². The fourth-order valence-corrected chi connectivity index (χ4v) is 4.08. The monoisotopic (exact) mass is 466 g/mol. The van der Waals surface area contributed by atoms with Crippen LogP contribution in [-0.2, 0) is 19.3 Å². The van der Waals surface area contributed by atoms with E-state index >= 15 is 0 Å². The van der Waals surface area contributed by atoms with E-state index in [0.29, 0.717) is 19.6 Å². The third-order valence-corrected chi connectivity index (χ3v) is 5.78. The van der Waals surface area contributed by atoms with E-state index in [2.05, 4.69) is 15.0 Å². The molecule has 182 valence electrons. The van der Waals surface area contributed by atoms with Crippen LogP contribution in [0.4, 0.5) is 0 Å². The first-order chi connectivity index (χ1) is 15.8. The minimum Gasteiger partial charge on any atom is -0.356 e. The van der Waals surface area contributed by atoms with E-state index in [0.717, 1.165) is 5.56 Å². The molecular formula is C21H30N4O8. The van der Waals surface area contributed by atoms with Crippen molar-refractivity contribution in [1.29, 1.82) is 0 Å². The quantitative estimate of drug-likeness (QED) is 0.304. The SMILES string of the molecule is CCN(CC)C(=O)[C@@H]1C(c2ccccc2)[C@@H]1CNC(=O)CCC[C@@H](CO[N+](=O)[O-])O[N+](=O)[O-]. The molecule has 2 rings (SSSR count). The molecule has 0 saturated heterocycles. The molecule has 0 aromatic heterocycles. The number of hydrogen-bond acceptors (Lipinski definition) is 8. The average Bonchev–Trinajstić information content (AvgIpc) is 3.51. The third kappa shape index (κ3) is 7.88. The molecule has 33 heavy (non-hydrogen) atoms. The molecule has 0 bridgehead atoms. The molecule has 2 amide bonds. The lowest BCUT2D eigenvalue weighted by molar-refractivity contribution is -0.790. The van der Waals surface area contributed by atoms with Gasteiger partial charge in [0, 0.05) is 32.0 Å². The van der Waals surface area contributed by atoms with E-state index in [9.17, 15) is 29.8 Å². The fraction of sp³-hybridized carbons (Fsp3) is 0.619. The lowest BCUT2D eigenvalue weighted by Gasteiger charge is -2.19. The van der Waals surface area contributed by atoms with Gasteiger partial charge in [-0.1, -0.05) is 30.3 Å². The summed E-state index contributed by atoms with van der Waals surface area (Å²) in [5.41, 5.74) is 1.06. The molecule has 0 radical (unpaired) electrons.